The molecule has 0 saturated heterocycles. The Labute approximate surface area is 193 Å². The molecule has 0 amide bonds. The molecule has 0 aliphatic carbocycles. The lowest BCUT2D eigenvalue weighted by molar-refractivity contribution is 0.520. The van der Waals surface area contributed by atoms with Crippen molar-refractivity contribution in [2.24, 2.45) is 0 Å². The highest BCUT2D eigenvalue weighted by atomic mass is 14.0. The van der Waals surface area contributed by atoms with E-state index >= 15 is 0 Å². The third kappa shape index (κ3) is 35.0. The smallest absolute Gasteiger partial charge is 0.0353 e. The van der Waals surface area contributed by atoms with Crippen molar-refractivity contribution >= 4 is 0 Å². The lowest BCUT2D eigenvalue weighted by Crippen LogP contribution is -1.84. The Balaban J connectivity index is 0. The first-order valence-electron chi connectivity index (χ1n) is 14.0. The second kappa shape index (κ2) is 33.1. The molecule has 180 valence electrons. The molecule has 0 bridgehead atoms. The van der Waals surface area contributed by atoms with E-state index in [4.69, 9.17) is 0 Å². The van der Waals surface area contributed by atoms with Crippen LogP contribution in [0.4, 0.5) is 0 Å². The largest absolute Gasteiger partial charge is 0.103 e. The van der Waals surface area contributed by atoms with Gasteiger partial charge in [0.15, 0.2) is 0 Å². The SMILES string of the molecule is C=CCCC.C=CCCCCCCCCCCCCCCCCCCCCCCC. The van der Waals surface area contributed by atoms with Crippen molar-refractivity contribution in [3.8, 4) is 0 Å². The van der Waals surface area contributed by atoms with E-state index in [9.17, 15) is 0 Å². The molecule has 0 heterocycles. The summed E-state index contributed by atoms with van der Waals surface area (Å²) in [7, 11) is 0. The molecular weight excluding hydrogens is 360 g/mol. The van der Waals surface area contributed by atoms with Crippen molar-refractivity contribution in [1.29, 1.82) is 0 Å². The normalized spacial score (nSPS) is 10.5. The van der Waals surface area contributed by atoms with Crippen molar-refractivity contribution in [3.05, 3.63) is 25.3 Å². The third-order valence-electron chi connectivity index (χ3n) is 6.00. The summed E-state index contributed by atoms with van der Waals surface area (Å²) in [6, 6.07) is 0. The van der Waals surface area contributed by atoms with Gasteiger partial charge in [-0.25, -0.2) is 0 Å². The minimum atomic E-state index is 1.15. The molecule has 0 heteroatoms. The Morgan fingerprint density at radius 1 is 0.333 bits per heavy atom. The van der Waals surface area contributed by atoms with Gasteiger partial charge in [-0.2, -0.15) is 0 Å². The van der Waals surface area contributed by atoms with E-state index in [0.29, 0.717) is 0 Å². The highest BCUT2D eigenvalue weighted by molar-refractivity contribution is 4.65. The number of unbranched alkanes of at least 4 members (excludes halogenated alkanes) is 22. The minimum absolute atomic E-state index is 1.15. The Kier molecular flexibility index (Phi) is 35.0. The average Bonchev–Trinajstić information content (AvgIpc) is 2.76. The van der Waals surface area contributed by atoms with Crippen LogP contribution in [0.15, 0.2) is 25.3 Å². The molecule has 0 aromatic heterocycles. The molecule has 0 atom stereocenters. The van der Waals surface area contributed by atoms with E-state index in [1.54, 1.807) is 0 Å². The molecule has 0 aliphatic rings. The highest BCUT2D eigenvalue weighted by Crippen LogP contribution is 2.15. The molecule has 0 radical (unpaired) electrons. The molecule has 30 heavy (non-hydrogen) atoms. The molecule has 0 N–H and O–H groups in total. The summed E-state index contributed by atoms with van der Waals surface area (Å²) in [4.78, 5) is 0. The summed E-state index contributed by atoms with van der Waals surface area (Å²) in [5.41, 5.74) is 0. The molecule has 0 aromatic carbocycles. The molecule has 0 saturated carbocycles. The molecule has 0 fully saturated rings. The molecule has 0 aliphatic heterocycles. The zero-order valence-corrected chi connectivity index (χ0v) is 21.5. The second-order valence-corrected chi connectivity index (χ2v) is 9.23. The first-order valence-corrected chi connectivity index (χ1v) is 14.0. The van der Waals surface area contributed by atoms with Gasteiger partial charge in [0, 0.05) is 0 Å². The summed E-state index contributed by atoms with van der Waals surface area (Å²) < 4.78 is 0. The third-order valence-corrected chi connectivity index (χ3v) is 6.00. The second-order valence-electron chi connectivity index (χ2n) is 9.23. The fourth-order valence-electron chi connectivity index (χ4n) is 3.92. The first-order chi connectivity index (χ1) is 14.8. The van der Waals surface area contributed by atoms with Gasteiger partial charge in [0.05, 0.1) is 0 Å². The van der Waals surface area contributed by atoms with Crippen LogP contribution in [0, 0.1) is 0 Å². The van der Waals surface area contributed by atoms with Crippen molar-refractivity contribution in [3.63, 3.8) is 0 Å². The van der Waals surface area contributed by atoms with E-state index in [-0.39, 0.29) is 0 Å². The molecule has 0 aromatic rings. The summed E-state index contributed by atoms with van der Waals surface area (Å²) in [5, 5.41) is 0. The molecule has 0 unspecified atom stereocenters. The average molecular weight is 421 g/mol. The van der Waals surface area contributed by atoms with Crippen molar-refractivity contribution < 1.29 is 0 Å². The minimum Gasteiger partial charge on any atom is -0.103 e. The summed E-state index contributed by atoms with van der Waals surface area (Å²) in [5.74, 6) is 0. The maximum Gasteiger partial charge on any atom is -0.0353 e. The first kappa shape index (κ1) is 31.7. The summed E-state index contributed by atoms with van der Waals surface area (Å²) in [6.45, 7) is 11.8. The summed E-state index contributed by atoms with van der Waals surface area (Å²) in [6.07, 6.45) is 38.2. The summed E-state index contributed by atoms with van der Waals surface area (Å²) >= 11 is 0. The van der Waals surface area contributed by atoms with Crippen molar-refractivity contribution in [1.82, 2.24) is 0 Å². The highest BCUT2D eigenvalue weighted by Gasteiger charge is 1.95. The van der Waals surface area contributed by atoms with Crippen LogP contribution in [0.3, 0.4) is 0 Å². The van der Waals surface area contributed by atoms with Gasteiger partial charge in [0.2, 0.25) is 0 Å². The van der Waals surface area contributed by atoms with Gasteiger partial charge in [-0.3, -0.25) is 0 Å². The predicted octanol–water partition coefficient (Wildman–Crippen LogP) is 11.7. The molecule has 0 rings (SSSR count). The number of hydrogen-bond acceptors (Lipinski definition) is 0. The van der Waals surface area contributed by atoms with Crippen molar-refractivity contribution in [2.75, 3.05) is 0 Å². The topological polar surface area (TPSA) is 0 Å². The number of rotatable bonds is 24. The van der Waals surface area contributed by atoms with Crippen LogP contribution in [0.5, 0.6) is 0 Å². The fraction of sp³-hybridized carbons (Fsp3) is 0.867. The van der Waals surface area contributed by atoms with Crippen LogP contribution in [-0.2, 0) is 0 Å². The van der Waals surface area contributed by atoms with Crippen LogP contribution in [0.1, 0.15) is 168 Å². The zero-order valence-electron chi connectivity index (χ0n) is 21.5. The van der Waals surface area contributed by atoms with Gasteiger partial charge in [-0.05, 0) is 19.3 Å². The van der Waals surface area contributed by atoms with Crippen molar-refractivity contribution in [2.45, 2.75) is 168 Å². The maximum atomic E-state index is 3.78. The van der Waals surface area contributed by atoms with E-state index in [1.807, 2.05) is 6.08 Å². The van der Waals surface area contributed by atoms with E-state index in [1.165, 1.54) is 148 Å². The maximum absolute atomic E-state index is 3.78. The Hall–Kier alpha value is -0.520. The Bertz CT molecular complexity index is 290. The van der Waals surface area contributed by atoms with Crippen LogP contribution in [0.2, 0.25) is 0 Å². The monoisotopic (exact) mass is 420 g/mol. The van der Waals surface area contributed by atoms with Gasteiger partial charge in [-0.1, -0.05) is 161 Å². The zero-order chi connectivity index (χ0) is 22.4. The van der Waals surface area contributed by atoms with E-state index < -0.39 is 0 Å². The predicted molar refractivity (Wildman–Crippen MR) is 143 cm³/mol. The van der Waals surface area contributed by atoms with E-state index in [2.05, 4.69) is 33.1 Å². The molecule has 0 spiro atoms. The van der Waals surface area contributed by atoms with Gasteiger partial charge in [0.25, 0.3) is 0 Å². The Morgan fingerprint density at radius 3 is 0.800 bits per heavy atom. The van der Waals surface area contributed by atoms with Crippen LogP contribution < -0.4 is 0 Å². The van der Waals surface area contributed by atoms with Gasteiger partial charge in [0.1, 0.15) is 0 Å². The van der Waals surface area contributed by atoms with E-state index in [0.717, 1.165) is 6.42 Å². The van der Waals surface area contributed by atoms with Crippen LogP contribution >= 0.6 is 0 Å². The van der Waals surface area contributed by atoms with Crippen LogP contribution in [0.25, 0.3) is 0 Å². The Morgan fingerprint density at radius 2 is 0.600 bits per heavy atom. The molecule has 0 nitrogen and oxygen atoms in total. The fourth-order valence-corrected chi connectivity index (χ4v) is 3.92. The number of hydrogen-bond donors (Lipinski definition) is 0. The van der Waals surface area contributed by atoms with Gasteiger partial charge in [-0.15, -0.1) is 13.2 Å². The molecular formula is C30H60. The lowest BCUT2D eigenvalue weighted by Gasteiger charge is -2.04. The standard InChI is InChI=1S/C25H50.C5H10/c1-3-5-7-9-11-13-15-17-19-21-23-25-24-22-20-18-16-14-12-10-8-6-4-2;1-3-5-4-2/h3H,1,4-25H2,2H3;3H,1,4-5H2,2H3. The lowest BCUT2D eigenvalue weighted by atomic mass is 10.0. The quantitative estimate of drug-likeness (QED) is 0.107. The number of allylic oxidation sites excluding steroid dienone is 2. The van der Waals surface area contributed by atoms with Gasteiger partial charge >= 0.3 is 0 Å². The van der Waals surface area contributed by atoms with Crippen LogP contribution in [-0.4, -0.2) is 0 Å². The van der Waals surface area contributed by atoms with Gasteiger partial charge < -0.3 is 0 Å².